The Kier molecular flexibility index (Phi) is 5.67. The summed E-state index contributed by atoms with van der Waals surface area (Å²) in [5.41, 5.74) is 3.59. The number of carbonyl (C=O) groups is 2. The molecule has 1 saturated heterocycles. The van der Waals surface area contributed by atoms with Crippen molar-refractivity contribution >= 4 is 17.5 Å². The van der Waals surface area contributed by atoms with Crippen molar-refractivity contribution in [1.29, 1.82) is 0 Å². The van der Waals surface area contributed by atoms with Crippen molar-refractivity contribution in [2.45, 2.75) is 84.2 Å². The first kappa shape index (κ1) is 21.6. The van der Waals surface area contributed by atoms with Gasteiger partial charge in [0, 0.05) is 29.8 Å². The van der Waals surface area contributed by atoms with Gasteiger partial charge >= 0.3 is 0 Å². The number of nitrogens with zero attached hydrogens (tertiary/aromatic N) is 3. The van der Waals surface area contributed by atoms with Crippen LogP contribution in [0.5, 0.6) is 0 Å². The zero-order chi connectivity index (χ0) is 22.3. The highest BCUT2D eigenvalue weighted by atomic mass is 16.2. The number of carbonyl (C=O) groups excluding carboxylic acids is 2. The van der Waals surface area contributed by atoms with Crippen LogP contribution >= 0.6 is 0 Å². The van der Waals surface area contributed by atoms with E-state index in [1.54, 1.807) is 0 Å². The number of piperidine rings is 1. The molecule has 1 atom stereocenters. The number of nitrogens with one attached hydrogen (secondary N) is 1. The molecule has 2 aromatic rings. The number of anilines is 1. The average molecular weight is 423 g/mol. The molecule has 1 aliphatic heterocycles. The van der Waals surface area contributed by atoms with E-state index in [-0.39, 0.29) is 23.4 Å². The van der Waals surface area contributed by atoms with Crippen LogP contribution in [0.3, 0.4) is 0 Å². The Morgan fingerprint density at radius 2 is 1.84 bits per heavy atom. The van der Waals surface area contributed by atoms with E-state index in [2.05, 4.69) is 33.0 Å². The Morgan fingerprint density at radius 1 is 1.10 bits per heavy atom. The van der Waals surface area contributed by atoms with Crippen molar-refractivity contribution in [3.8, 4) is 0 Å². The molecule has 4 rings (SSSR count). The number of rotatable bonds is 4. The fraction of sp³-hybridized carbons (Fsp3) is 0.560. The van der Waals surface area contributed by atoms with Crippen molar-refractivity contribution in [3.63, 3.8) is 0 Å². The lowest BCUT2D eigenvalue weighted by Crippen LogP contribution is -2.42. The lowest BCUT2D eigenvalue weighted by atomic mass is 10.0. The Labute approximate surface area is 185 Å². The first-order valence-electron chi connectivity index (χ1n) is 11.5. The van der Waals surface area contributed by atoms with Crippen LogP contribution in [0.1, 0.15) is 97.8 Å². The minimum absolute atomic E-state index is 0.0769. The predicted octanol–water partition coefficient (Wildman–Crippen LogP) is 5.09. The highest BCUT2D eigenvalue weighted by Crippen LogP contribution is 2.40. The van der Waals surface area contributed by atoms with E-state index in [0.717, 1.165) is 49.2 Å². The van der Waals surface area contributed by atoms with Crippen molar-refractivity contribution in [3.05, 3.63) is 46.8 Å². The van der Waals surface area contributed by atoms with Crippen LogP contribution in [0.4, 0.5) is 5.69 Å². The molecule has 6 heteroatoms. The van der Waals surface area contributed by atoms with Crippen molar-refractivity contribution in [2.75, 3.05) is 11.9 Å². The molecular weight excluding hydrogens is 388 g/mol. The third kappa shape index (κ3) is 4.53. The standard InChI is InChI=1S/C25H34N4O2/c1-16-14-19(24(31)28-13-7-6-8-17(28)2)11-12-20(16)26-23(30)22-15-21(18-9-10-18)27-29(22)25(3,4)5/h11-12,14-15,17-18H,6-10,13H2,1-5H3,(H,26,30). The van der Waals surface area contributed by atoms with Gasteiger partial charge in [0.05, 0.1) is 11.2 Å². The fourth-order valence-electron chi connectivity index (χ4n) is 4.34. The number of hydrogen-bond donors (Lipinski definition) is 1. The molecule has 1 saturated carbocycles. The number of likely N-dealkylation sites (tertiary alicyclic amines) is 1. The zero-order valence-corrected chi connectivity index (χ0v) is 19.4. The van der Waals surface area contributed by atoms with Gasteiger partial charge in [-0.05, 0) is 96.6 Å². The molecule has 31 heavy (non-hydrogen) atoms. The molecule has 6 nitrogen and oxygen atoms in total. The average Bonchev–Trinajstić information content (AvgIpc) is 3.46. The lowest BCUT2D eigenvalue weighted by Gasteiger charge is -2.33. The van der Waals surface area contributed by atoms with Crippen LogP contribution in [-0.4, -0.2) is 39.1 Å². The van der Waals surface area contributed by atoms with Crippen LogP contribution in [0, 0.1) is 6.92 Å². The predicted molar refractivity (Wildman–Crippen MR) is 123 cm³/mol. The smallest absolute Gasteiger partial charge is 0.273 e. The number of amides is 2. The van der Waals surface area contributed by atoms with Gasteiger partial charge < -0.3 is 10.2 Å². The molecule has 1 aromatic carbocycles. The Balaban J connectivity index is 1.53. The second-order valence-corrected chi connectivity index (χ2v) is 10.1. The summed E-state index contributed by atoms with van der Waals surface area (Å²) in [4.78, 5) is 28.1. The maximum atomic E-state index is 13.2. The van der Waals surface area contributed by atoms with Gasteiger partial charge in [-0.15, -0.1) is 0 Å². The molecule has 2 fully saturated rings. The summed E-state index contributed by atoms with van der Waals surface area (Å²) in [6, 6.07) is 7.76. The zero-order valence-electron chi connectivity index (χ0n) is 19.4. The molecule has 2 aliphatic rings. The first-order valence-corrected chi connectivity index (χ1v) is 11.5. The quantitative estimate of drug-likeness (QED) is 0.746. The summed E-state index contributed by atoms with van der Waals surface area (Å²) in [6.07, 6.45) is 5.60. The minimum Gasteiger partial charge on any atom is -0.336 e. The van der Waals surface area contributed by atoms with Crippen molar-refractivity contribution < 1.29 is 9.59 Å². The second kappa shape index (κ2) is 8.13. The van der Waals surface area contributed by atoms with Crippen LogP contribution in [0.2, 0.25) is 0 Å². The van der Waals surface area contributed by atoms with Gasteiger partial charge in [-0.1, -0.05) is 0 Å². The monoisotopic (exact) mass is 422 g/mol. The largest absolute Gasteiger partial charge is 0.336 e. The summed E-state index contributed by atoms with van der Waals surface area (Å²) in [5.74, 6) is 0.397. The molecule has 1 N–H and O–H groups in total. The topological polar surface area (TPSA) is 67.2 Å². The van der Waals surface area contributed by atoms with Crippen LogP contribution in [0.15, 0.2) is 24.3 Å². The van der Waals surface area contributed by atoms with E-state index in [1.807, 2.05) is 40.8 Å². The van der Waals surface area contributed by atoms with Gasteiger partial charge in [0.2, 0.25) is 0 Å². The maximum Gasteiger partial charge on any atom is 0.273 e. The van der Waals surface area contributed by atoms with Crippen molar-refractivity contribution in [2.24, 2.45) is 0 Å². The van der Waals surface area contributed by atoms with Gasteiger partial charge in [-0.2, -0.15) is 5.10 Å². The second-order valence-electron chi connectivity index (χ2n) is 10.1. The summed E-state index contributed by atoms with van der Waals surface area (Å²) < 4.78 is 1.83. The van der Waals surface area contributed by atoms with E-state index in [0.29, 0.717) is 17.2 Å². The fourth-order valence-corrected chi connectivity index (χ4v) is 4.34. The van der Waals surface area contributed by atoms with E-state index in [4.69, 9.17) is 5.10 Å². The van der Waals surface area contributed by atoms with Crippen LogP contribution in [0.25, 0.3) is 0 Å². The molecule has 0 radical (unpaired) electrons. The summed E-state index contributed by atoms with van der Waals surface area (Å²) in [7, 11) is 0. The normalized spacial score (nSPS) is 19.4. The Hall–Kier alpha value is -2.63. The van der Waals surface area contributed by atoms with Gasteiger partial charge in [-0.3, -0.25) is 14.3 Å². The molecule has 1 aromatic heterocycles. The SMILES string of the molecule is Cc1cc(C(=O)N2CCCCC2C)ccc1NC(=O)c1cc(C2CC2)nn1C(C)(C)C. The van der Waals surface area contributed by atoms with Gasteiger partial charge in [0.15, 0.2) is 0 Å². The van der Waals surface area contributed by atoms with Crippen LogP contribution < -0.4 is 5.32 Å². The molecule has 2 amide bonds. The highest BCUT2D eigenvalue weighted by molar-refractivity contribution is 6.04. The van der Waals surface area contributed by atoms with Gasteiger partial charge in [0.25, 0.3) is 11.8 Å². The Bertz CT molecular complexity index is 997. The molecule has 0 spiro atoms. The third-order valence-corrected chi connectivity index (χ3v) is 6.38. The van der Waals surface area contributed by atoms with E-state index >= 15 is 0 Å². The van der Waals surface area contributed by atoms with Gasteiger partial charge in [-0.25, -0.2) is 0 Å². The maximum absolute atomic E-state index is 13.2. The molecule has 2 heterocycles. The molecule has 166 valence electrons. The highest BCUT2D eigenvalue weighted by Gasteiger charge is 2.31. The van der Waals surface area contributed by atoms with Crippen LogP contribution in [-0.2, 0) is 5.54 Å². The Morgan fingerprint density at radius 3 is 2.45 bits per heavy atom. The van der Waals surface area contributed by atoms with E-state index in [1.165, 1.54) is 6.42 Å². The lowest BCUT2D eigenvalue weighted by molar-refractivity contribution is 0.0635. The third-order valence-electron chi connectivity index (χ3n) is 6.38. The molecular formula is C25H34N4O2. The van der Waals surface area contributed by atoms with Crippen molar-refractivity contribution in [1.82, 2.24) is 14.7 Å². The molecule has 0 bridgehead atoms. The minimum atomic E-state index is -0.281. The number of hydrogen-bond acceptors (Lipinski definition) is 3. The van der Waals surface area contributed by atoms with Gasteiger partial charge in [0.1, 0.15) is 5.69 Å². The number of benzene rings is 1. The van der Waals surface area contributed by atoms with E-state index < -0.39 is 0 Å². The molecule has 1 unspecified atom stereocenters. The first-order chi connectivity index (χ1) is 14.6. The number of aromatic nitrogens is 2. The summed E-state index contributed by atoms with van der Waals surface area (Å²) >= 11 is 0. The van der Waals surface area contributed by atoms with E-state index in [9.17, 15) is 9.59 Å². The number of aryl methyl sites for hydroxylation is 1. The molecule has 1 aliphatic carbocycles. The summed E-state index contributed by atoms with van der Waals surface area (Å²) in [5, 5.41) is 7.77. The summed E-state index contributed by atoms with van der Waals surface area (Å²) in [6.45, 7) is 11.0.